The minimum Gasteiger partial charge on any atom is -0.744 e. The van der Waals surface area contributed by atoms with Gasteiger partial charge in [-0.1, -0.05) is 12.1 Å². The molecule has 0 fully saturated rings. The fraction of sp³-hybridized carbons (Fsp3) is 0.267. The molecule has 0 saturated carbocycles. The Labute approximate surface area is 327 Å². The molecule has 48 heavy (non-hydrogen) atoms. The first kappa shape index (κ1) is 36.7. The van der Waals surface area contributed by atoms with Gasteiger partial charge in [-0.15, -0.1) is 11.3 Å². The zero-order valence-corrected chi connectivity index (χ0v) is 31.2. The maximum atomic E-state index is 11.9. The van der Waals surface area contributed by atoms with Crippen molar-refractivity contribution in [1.29, 1.82) is 0 Å². The second kappa shape index (κ2) is 17.4. The van der Waals surface area contributed by atoms with Crippen molar-refractivity contribution in [2.24, 2.45) is 0 Å². The number of hydrogen-bond acceptors (Lipinski definition) is 15. The maximum Gasteiger partial charge on any atom is 1.00 e. The van der Waals surface area contributed by atoms with Gasteiger partial charge in [-0.3, -0.25) is 0 Å². The van der Waals surface area contributed by atoms with Crippen molar-refractivity contribution in [1.82, 2.24) is 19.9 Å². The van der Waals surface area contributed by atoms with Gasteiger partial charge in [-0.25, -0.2) is 13.4 Å². The monoisotopic (exact) mass is 738 g/mol. The molecule has 18 heteroatoms. The van der Waals surface area contributed by atoms with Gasteiger partial charge in [0.1, 0.15) is 28.3 Å². The number of rotatable bonds is 6. The average Bonchev–Trinajstić information content (AvgIpc) is 3.47. The van der Waals surface area contributed by atoms with Crippen LogP contribution in [-0.4, -0.2) is 85.8 Å². The molecular formula is C30H28ClKN6O8S2. The van der Waals surface area contributed by atoms with Gasteiger partial charge in [0.05, 0.1) is 60.4 Å². The summed E-state index contributed by atoms with van der Waals surface area (Å²) in [7, 11) is -4.73. The molecule has 0 spiro atoms. The average molecular weight is 739 g/mol. The van der Waals surface area contributed by atoms with E-state index in [1.165, 1.54) is 29.5 Å². The van der Waals surface area contributed by atoms with Crippen LogP contribution in [0.4, 0.5) is 23.3 Å². The van der Waals surface area contributed by atoms with Gasteiger partial charge >= 0.3 is 51.4 Å². The first-order chi connectivity index (χ1) is 22.8. The summed E-state index contributed by atoms with van der Waals surface area (Å²) < 4.78 is 64.8. The van der Waals surface area contributed by atoms with E-state index < -0.39 is 15.0 Å². The molecule has 0 saturated heterocycles. The molecule has 6 rings (SSSR count). The van der Waals surface area contributed by atoms with E-state index in [0.717, 1.165) is 10.2 Å². The molecule has 0 amide bonds. The van der Waals surface area contributed by atoms with Gasteiger partial charge in [-0.2, -0.15) is 15.0 Å². The molecule has 0 bridgehead atoms. The maximum absolute atomic E-state index is 11.9. The van der Waals surface area contributed by atoms with Crippen LogP contribution in [0.1, 0.15) is 0 Å². The minimum atomic E-state index is -4.73. The zero-order chi connectivity index (χ0) is 32.6. The zero-order valence-electron chi connectivity index (χ0n) is 25.7. The Bertz CT molecular complexity index is 1940. The van der Waals surface area contributed by atoms with Gasteiger partial charge in [0.2, 0.25) is 17.2 Å². The van der Waals surface area contributed by atoms with Crippen LogP contribution < -0.4 is 71.5 Å². The number of anilines is 4. The number of ether oxygens (including phenoxy) is 5. The van der Waals surface area contributed by atoms with E-state index in [2.05, 4.69) is 30.6 Å². The number of nitrogens with one attached hydrogen (secondary N) is 2. The first-order valence-electron chi connectivity index (χ1n) is 14.4. The number of halogens is 1. The summed E-state index contributed by atoms with van der Waals surface area (Å²) in [5.74, 6) is 1.16. The number of para-hydroxylation sites is 1. The van der Waals surface area contributed by atoms with Crippen LogP contribution in [0.3, 0.4) is 0 Å². The van der Waals surface area contributed by atoms with Crippen molar-refractivity contribution in [2.75, 3.05) is 63.5 Å². The fourth-order valence-electron chi connectivity index (χ4n) is 4.44. The van der Waals surface area contributed by atoms with Crippen molar-refractivity contribution < 1.29 is 88.0 Å². The van der Waals surface area contributed by atoms with Gasteiger partial charge in [0.25, 0.3) is 0 Å². The molecular weight excluding hydrogens is 711 g/mol. The standard InChI is InChI=1S/C30H29ClN6O8S2.K/c31-28-35-29(32-19-5-8-24-25(17-19)45-16-14-43-12-10-41-9-11-42-13-15-44-24)37-30(36-28)34-22-7-6-20(47(38,39)40)18-21(22)27-33-23-3-1-2-4-26(23)46-27;/h1-8,17-18H,9-16H2,(H,38,39,40)(H2,32,34,35,36,37);/q;+1/p-1. The second-order valence-corrected chi connectivity index (χ2v) is 12.6. The predicted octanol–water partition coefficient (Wildman–Crippen LogP) is 2.02. The summed E-state index contributed by atoms with van der Waals surface area (Å²) >= 11 is 7.62. The van der Waals surface area contributed by atoms with Crippen LogP contribution in [0.5, 0.6) is 11.5 Å². The van der Waals surface area contributed by atoms with E-state index in [4.69, 9.17) is 35.3 Å². The molecule has 0 aliphatic carbocycles. The Kier molecular flexibility index (Phi) is 13.3. The summed E-state index contributed by atoms with van der Waals surface area (Å²) in [6.45, 7) is 3.18. The van der Waals surface area contributed by atoms with E-state index in [1.54, 1.807) is 18.2 Å². The first-order valence-corrected chi connectivity index (χ1v) is 17.0. The molecule has 1 aliphatic heterocycles. The topological polar surface area (TPSA) is 179 Å². The molecule has 3 heterocycles. The Morgan fingerprint density at radius 3 is 2.06 bits per heavy atom. The Hall–Kier alpha value is -2.52. The van der Waals surface area contributed by atoms with Gasteiger partial charge in [-0.05, 0) is 54.1 Å². The van der Waals surface area contributed by atoms with Crippen molar-refractivity contribution >= 4 is 66.5 Å². The van der Waals surface area contributed by atoms with E-state index in [9.17, 15) is 13.0 Å². The summed E-state index contributed by atoms with van der Waals surface area (Å²) in [4.78, 5) is 17.1. The molecule has 5 aromatic rings. The van der Waals surface area contributed by atoms with Crippen LogP contribution in [0, 0.1) is 0 Å². The molecule has 246 valence electrons. The van der Waals surface area contributed by atoms with Crippen LogP contribution >= 0.6 is 22.9 Å². The van der Waals surface area contributed by atoms with Crippen molar-refractivity contribution in [3.05, 3.63) is 65.9 Å². The molecule has 2 aromatic heterocycles. The smallest absolute Gasteiger partial charge is 0.744 e. The predicted molar refractivity (Wildman–Crippen MR) is 174 cm³/mol. The van der Waals surface area contributed by atoms with Crippen LogP contribution in [0.15, 0.2) is 65.6 Å². The Balaban J connectivity index is 0.00000451. The SMILES string of the molecule is O=S(=O)([O-])c1ccc(Nc2nc(Cl)nc(Nc3ccc4c(c3)OCCOCCOCCOCCO4)n2)c(-c2nc3ccccc3s2)c1.[K+]. The van der Waals surface area contributed by atoms with Crippen LogP contribution in [-0.2, 0) is 24.3 Å². The number of hydrogen-bond donors (Lipinski definition) is 2. The van der Waals surface area contributed by atoms with Gasteiger partial charge in [0, 0.05) is 17.3 Å². The third-order valence-electron chi connectivity index (χ3n) is 6.57. The number of aromatic nitrogens is 4. The van der Waals surface area contributed by atoms with Crippen LogP contribution in [0.25, 0.3) is 20.8 Å². The molecule has 0 radical (unpaired) electrons. The summed E-state index contributed by atoms with van der Waals surface area (Å²) in [5, 5.41) is 6.55. The van der Waals surface area contributed by atoms with Crippen LogP contribution in [0.2, 0.25) is 5.28 Å². The van der Waals surface area contributed by atoms with Crippen molar-refractivity contribution in [3.63, 3.8) is 0 Å². The normalized spacial score (nSPS) is 14.7. The van der Waals surface area contributed by atoms with E-state index in [-0.39, 0.29) is 75.2 Å². The molecule has 0 unspecified atom stereocenters. The second-order valence-electron chi connectivity index (χ2n) is 9.85. The summed E-state index contributed by atoms with van der Waals surface area (Å²) in [6.07, 6.45) is 0. The molecule has 3 aromatic carbocycles. The number of thiazole rings is 1. The molecule has 14 nitrogen and oxygen atoms in total. The molecule has 2 N–H and O–H groups in total. The van der Waals surface area contributed by atoms with Gasteiger partial charge < -0.3 is 38.9 Å². The van der Waals surface area contributed by atoms with Crippen molar-refractivity contribution in [2.45, 2.75) is 4.90 Å². The third-order valence-corrected chi connectivity index (χ3v) is 8.64. The Morgan fingerprint density at radius 1 is 0.729 bits per heavy atom. The fourth-order valence-corrected chi connectivity index (χ4v) is 6.10. The quantitative estimate of drug-likeness (QED) is 0.191. The minimum absolute atomic E-state index is 0. The largest absolute Gasteiger partial charge is 1.00 e. The summed E-state index contributed by atoms with van der Waals surface area (Å²) in [6, 6.07) is 16.6. The van der Waals surface area contributed by atoms with E-state index in [0.29, 0.717) is 79.7 Å². The molecule has 0 atom stereocenters. The number of nitrogens with zero attached hydrogens (tertiary/aromatic N) is 4. The summed E-state index contributed by atoms with van der Waals surface area (Å²) in [5.41, 5.74) is 2.07. The van der Waals surface area contributed by atoms with Gasteiger partial charge in [0.15, 0.2) is 11.5 Å². The van der Waals surface area contributed by atoms with E-state index in [1.807, 2.05) is 24.3 Å². The third kappa shape index (κ3) is 10.0. The molecule has 1 aliphatic rings. The van der Waals surface area contributed by atoms with E-state index >= 15 is 0 Å². The number of fused-ring (bicyclic) bond motifs is 2. The Morgan fingerprint density at radius 2 is 1.38 bits per heavy atom. The number of benzene rings is 3. The van der Waals surface area contributed by atoms with Crippen molar-refractivity contribution in [3.8, 4) is 22.1 Å².